The third-order valence-electron chi connectivity index (χ3n) is 1.66. The Bertz CT molecular complexity index is 297. The molecule has 0 bridgehead atoms. The summed E-state index contributed by atoms with van der Waals surface area (Å²) in [5.74, 6) is -0.465. The Labute approximate surface area is 82.5 Å². The Morgan fingerprint density at radius 2 is 2.29 bits per heavy atom. The van der Waals surface area contributed by atoms with E-state index in [1.807, 2.05) is 6.92 Å². The van der Waals surface area contributed by atoms with E-state index in [0.29, 0.717) is 6.54 Å². The summed E-state index contributed by atoms with van der Waals surface area (Å²) < 4.78 is 4.50. The molecule has 1 aromatic rings. The van der Waals surface area contributed by atoms with Gasteiger partial charge in [0.15, 0.2) is 5.69 Å². The minimum Gasteiger partial charge on any atom is -0.464 e. The van der Waals surface area contributed by atoms with E-state index in [0.717, 1.165) is 12.2 Å². The van der Waals surface area contributed by atoms with Crippen LogP contribution in [0.3, 0.4) is 0 Å². The second-order valence-electron chi connectivity index (χ2n) is 2.66. The molecule has 0 aromatic carbocycles. The summed E-state index contributed by atoms with van der Waals surface area (Å²) in [6, 6.07) is 0. The van der Waals surface area contributed by atoms with Gasteiger partial charge in [-0.25, -0.2) is 9.78 Å². The molecule has 1 aromatic heterocycles. The number of hydrogen-bond acceptors (Lipinski definition) is 5. The predicted molar refractivity (Wildman–Crippen MR) is 50.8 cm³/mol. The highest BCUT2D eigenvalue weighted by atomic mass is 16.5. The molecule has 1 N–H and O–H groups in total. The molecule has 5 heteroatoms. The zero-order valence-corrected chi connectivity index (χ0v) is 8.28. The van der Waals surface area contributed by atoms with Gasteiger partial charge in [-0.1, -0.05) is 6.92 Å². The minimum absolute atomic E-state index is 0.229. The fraction of sp³-hybridized carbons (Fsp3) is 0.444. The Hall–Kier alpha value is -1.49. The van der Waals surface area contributed by atoms with Gasteiger partial charge in [-0.2, -0.15) is 0 Å². The first-order valence-electron chi connectivity index (χ1n) is 4.38. The fourth-order valence-corrected chi connectivity index (χ4v) is 0.909. The summed E-state index contributed by atoms with van der Waals surface area (Å²) in [6.45, 7) is 3.54. The van der Waals surface area contributed by atoms with Crippen LogP contribution in [0.1, 0.15) is 23.1 Å². The minimum atomic E-state index is -0.465. The number of carbonyl (C=O) groups excluding carboxylic acids is 1. The van der Waals surface area contributed by atoms with Crippen LogP contribution in [0.2, 0.25) is 0 Å². The second kappa shape index (κ2) is 5.29. The normalized spacial score (nSPS) is 9.86. The first-order chi connectivity index (χ1) is 6.77. The Morgan fingerprint density at radius 3 is 2.79 bits per heavy atom. The molecule has 0 aliphatic heterocycles. The molecular formula is C9H13N3O2. The number of rotatable bonds is 4. The molecule has 0 saturated carbocycles. The lowest BCUT2D eigenvalue weighted by molar-refractivity contribution is 0.0593. The van der Waals surface area contributed by atoms with Gasteiger partial charge >= 0.3 is 5.97 Å². The number of aromatic nitrogens is 2. The predicted octanol–water partition coefficient (Wildman–Crippen LogP) is 0.373. The maximum atomic E-state index is 11.0. The number of hydrogen-bond donors (Lipinski definition) is 1. The maximum absolute atomic E-state index is 11.0. The Morgan fingerprint density at radius 1 is 1.50 bits per heavy atom. The number of nitrogens with zero attached hydrogens (tertiary/aromatic N) is 2. The van der Waals surface area contributed by atoms with E-state index in [1.54, 1.807) is 6.20 Å². The molecule has 0 atom stereocenters. The van der Waals surface area contributed by atoms with Crippen molar-refractivity contribution in [2.75, 3.05) is 13.7 Å². The molecule has 5 nitrogen and oxygen atoms in total. The van der Waals surface area contributed by atoms with Crippen molar-refractivity contribution in [1.29, 1.82) is 0 Å². The van der Waals surface area contributed by atoms with Crippen LogP contribution in [0.5, 0.6) is 0 Å². The molecule has 1 heterocycles. The molecule has 0 saturated heterocycles. The van der Waals surface area contributed by atoms with Gasteiger partial charge in [0, 0.05) is 6.54 Å². The van der Waals surface area contributed by atoms with Gasteiger partial charge < -0.3 is 10.1 Å². The zero-order chi connectivity index (χ0) is 10.4. The van der Waals surface area contributed by atoms with E-state index >= 15 is 0 Å². The number of methoxy groups -OCH3 is 1. The highest BCUT2D eigenvalue weighted by molar-refractivity contribution is 5.86. The molecule has 14 heavy (non-hydrogen) atoms. The summed E-state index contributed by atoms with van der Waals surface area (Å²) >= 11 is 0. The molecule has 0 radical (unpaired) electrons. The molecule has 0 unspecified atom stereocenters. The van der Waals surface area contributed by atoms with Gasteiger partial charge in [0.1, 0.15) is 0 Å². The average Bonchev–Trinajstić information content (AvgIpc) is 2.26. The van der Waals surface area contributed by atoms with Crippen molar-refractivity contribution in [1.82, 2.24) is 15.3 Å². The van der Waals surface area contributed by atoms with E-state index in [2.05, 4.69) is 20.0 Å². The quantitative estimate of drug-likeness (QED) is 0.703. The summed E-state index contributed by atoms with van der Waals surface area (Å²) in [5, 5.41) is 3.11. The first kappa shape index (κ1) is 10.6. The third kappa shape index (κ3) is 2.77. The van der Waals surface area contributed by atoms with Crippen LogP contribution in [0, 0.1) is 0 Å². The van der Waals surface area contributed by atoms with Crippen molar-refractivity contribution in [3.8, 4) is 0 Å². The third-order valence-corrected chi connectivity index (χ3v) is 1.66. The maximum Gasteiger partial charge on any atom is 0.358 e. The van der Waals surface area contributed by atoms with Crippen molar-refractivity contribution in [3.05, 3.63) is 23.8 Å². The lowest BCUT2D eigenvalue weighted by Crippen LogP contribution is -2.14. The van der Waals surface area contributed by atoms with Crippen LogP contribution in [-0.4, -0.2) is 29.6 Å². The molecule has 0 aliphatic rings. The molecule has 0 aliphatic carbocycles. The lowest BCUT2D eigenvalue weighted by Gasteiger charge is -2.01. The topological polar surface area (TPSA) is 64.1 Å². The van der Waals surface area contributed by atoms with E-state index in [9.17, 15) is 4.79 Å². The van der Waals surface area contributed by atoms with Gasteiger partial charge in [0.05, 0.1) is 25.2 Å². The van der Waals surface area contributed by atoms with Crippen LogP contribution in [0.4, 0.5) is 0 Å². The van der Waals surface area contributed by atoms with Crippen LogP contribution in [-0.2, 0) is 11.3 Å². The number of ether oxygens (including phenoxy) is 1. The van der Waals surface area contributed by atoms with Crippen molar-refractivity contribution in [2.45, 2.75) is 13.5 Å². The van der Waals surface area contributed by atoms with Gasteiger partial charge in [-0.05, 0) is 6.54 Å². The van der Waals surface area contributed by atoms with Gasteiger partial charge in [-0.15, -0.1) is 0 Å². The lowest BCUT2D eigenvalue weighted by atomic mass is 10.4. The summed E-state index contributed by atoms with van der Waals surface area (Å²) in [6.07, 6.45) is 2.98. The molecule has 76 valence electrons. The van der Waals surface area contributed by atoms with Gasteiger partial charge in [0.25, 0.3) is 0 Å². The molecular weight excluding hydrogens is 182 g/mol. The van der Waals surface area contributed by atoms with Crippen LogP contribution in [0.15, 0.2) is 12.4 Å². The molecule has 0 spiro atoms. The molecule has 0 fully saturated rings. The summed E-state index contributed by atoms with van der Waals surface area (Å²) in [7, 11) is 1.32. The Kier molecular flexibility index (Phi) is 4.00. The van der Waals surface area contributed by atoms with Crippen molar-refractivity contribution < 1.29 is 9.53 Å². The zero-order valence-electron chi connectivity index (χ0n) is 8.28. The van der Waals surface area contributed by atoms with E-state index < -0.39 is 5.97 Å². The number of nitrogens with one attached hydrogen (secondary N) is 1. The highest BCUT2D eigenvalue weighted by Crippen LogP contribution is 1.96. The SMILES string of the molecule is CCNCc1cnc(C(=O)OC)cn1. The van der Waals surface area contributed by atoms with E-state index in [4.69, 9.17) is 0 Å². The van der Waals surface area contributed by atoms with E-state index in [1.165, 1.54) is 13.3 Å². The molecule has 1 rings (SSSR count). The Balaban J connectivity index is 2.63. The van der Waals surface area contributed by atoms with Crippen LogP contribution in [0.25, 0.3) is 0 Å². The van der Waals surface area contributed by atoms with Gasteiger partial charge in [0.2, 0.25) is 0 Å². The van der Waals surface area contributed by atoms with Crippen molar-refractivity contribution in [2.24, 2.45) is 0 Å². The van der Waals surface area contributed by atoms with E-state index in [-0.39, 0.29) is 5.69 Å². The standard InChI is InChI=1S/C9H13N3O2/c1-3-10-4-7-5-12-8(6-11-7)9(13)14-2/h5-6,10H,3-4H2,1-2H3. The van der Waals surface area contributed by atoms with Crippen LogP contribution >= 0.6 is 0 Å². The van der Waals surface area contributed by atoms with Gasteiger partial charge in [-0.3, -0.25) is 4.98 Å². The number of carbonyl (C=O) groups is 1. The smallest absolute Gasteiger partial charge is 0.358 e. The van der Waals surface area contributed by atoms with Crippen LogP contribution < -0.4 is 5.32 Å². The molecule has 0 amide bonds. The highest BCUT2D eigenvalue weighted by Gasteiger charge is 2.06. The monoisotopic (exact) mass is 195 g/mol. The number of esters is 1. The second-order valence-corrected chi connectivity index (χ2v) is 2.66. The fourth-order valence-electron chi connectivity index (χ4n) is 0.909. The largest absolute Gasteiger partial charge is 0.464 e. The summed E-state index contributed by atoms with van der Waals surface area (Å²) in [5.41, 5.74) is 1.03. The first-order valence-corrected chi connectivity index (χ1v) is 4.38. The van der Waals surface area contributed by atoms with Crippen molar-refractivity contribution >= 4 is 5.97 Å². The van der Waals surface area contributed by atoms with Crippen molar-refractivity contribution in [3.63, 3.8) is 0 Å². The average molecular weight is 195 g/mol. The summed E-state index contributed by atoms with van der Waals surface area (Å²) in [4.78, 5) is 19.0.